The van der Waals surface area contributed by atoms with Gasteiger partial charge in [0.1, 0.15) is 17.7 Å². The van der Waals surface area contributed by atoms with Crippen molar-refractivity contribution in [2.24, 2.45) is 5.73 Å². The van der Waals surface area contributed by atoms with Crippen LogP contribution in [0.5, 0.6) is 5.75 Å². The van der Waals surface area contributed by atoms with E-state index in [1.54, 1.807) is 17.0 Å². The standard InChI is InChI=1S/C28H36Cl2FN3O2/c1-2-23(18-33-11-3-4-12-33)36-27-17-22(30)7-8-24(27)19-9-13-34(14-10-19)28(35)26(32)15-20-5-6-21(29)16-25(20)31/h5-8,16-17,19,23,26H,2-4,9-15,18,32H2,1H3/t23-,26-/m1/s1. The van der Waals surface area contributed by atoms with E-state index in [1.807, 2.05) is 12.1 Å². The highest BCUT2D eigenvalue weighted by molar-refractivity contribution is 6.31. The number of piperidine rings is 1. The van der Waals surface area contributed by atoms with Crippen LogP contribution in [0.4, 0.5) is 4.39 Å². The highest BCUT2D eigenvalue weighted by Crippen LogP contribution is 2.37. The van der Waals surface area contributed by atoms with E-state index in [1.165, 1.54) is 18.9 Å². The van der Waals surface area contributed by atoms with E-state index >= 15 is 0 Å². The van der Waals surface area contributed by atoms with E-state index in [0.717, 1.165) is 50.2 Å². The first-order valence-corrected chi connectivity index (χ1v) is 13.8. The van der Waals surface area contributed by atoms with Crippen molar-refractivity contribution in [1.82, 2.24) is 9.80 Å². The van der Waals surface area contributed by atoms with E-state index in [2.05, 4.69) is 17.9 Å². The molecule has 5 nitrogen and oxygen atoms in total. The van der Waals surface area contributed by atoms with Gasteiger partial charge in [-0.3, -0.25) is 9.69 Å². The first kappa shape index (κ1) is 27.2. The third-order valence-electron chi connectivity index (χ3n) is 7.40. The number of likely N-dealkylation sites (tertiary alicyclic amines) is 2. The Labute approximate surface area is 223 Å². The van der Waals surface area contributed by atoms with E-state index in [-0.39, 0.29) is 24.3 Å². The number of benzene rings is 2. The average molecular weight is 537 g/mol. The van der Waals surface area contributed by atoms with Crippen LogP contribution in [0, 0.1) is 5.82 Å². The zero-order valence-corrected chi connectivity index (χ0v) is 22.4. The Morgan fingerprint density at radius 1 is 1.08 bits per heavy atom. The first-order valence-electron chi connectivity index (χ1n) is 13.0. The quantitative estimate of drug-likeness (QED) is 0.449. The number of carbonyl (C=O) groups excluding carboxylic acids is 1. The molecule has 2 heterocycles. The molecule has 2 aromatic carbocycles. The van der Waals surface area contributed by atoms with Crippen LogP contribution in [-0.4, -0.2) is 60.6 Å². The molecule has 8 heteroatoms. The predicted molar refractivity (Wildman–Crippen MR) is 143 cm³/mol. The van der Waals surface area contributed by atoms with Crippen LogP contribution in [0.1, 0.15) is 56.1 Å². The molecular formula is C28H36Cl2FN3O2. The molecule has 0 unspecified atom stereocenters. The molecule has 2 aliphatic heterocycles. The molecule has 2 aromatic rings. The monoisotopic (exact) mass is 535 g/mol. The molecule has 2 fully saturated rings. The Balaban J connectivity index is 1.36. The second kappa shape index (κ2) is 12.6. The molecule has 36 heavy (non-hydrogen) atoms. The molecule has 1 amide bonds. The van der Waals surface area contributed by atoms with Crippen LogP contribution in [0.3, 0.4) is 0 Å². The number of hydrogen-bond acceptors (Lipinski definition) is 4. The van der Waals surface area contributed by atoms with Crippen LogP contribution in [-0.2, 0) is 11.2 Å². The predicted octanol–water partition coefficient (Wildman–Crippen LogP) is 5.66. The largest absolute Gasteiger partial charge is 0.489 e. The molecule has 2 N–H and O–H groups in total. The van der Waals surface area contributed by atoms with Gasteiger partial charge in [-0.05, 0) is 92.9 Å². The molecular weight excluding hydrogens is 500 g/mol. The molecule has 4 rings (SSSR count). The Morgan fingerprint density at radius 3 is 2.42 bits per heavy atom. The minimum atomic E-state index is -0.789. The molecule has 0 saturated carbocycles. The third-order valence-corrected chi connectivity index (χ3v) is 7.87. The first-order chi connectivity index (χ1) is 17.3. The highest BCUT2D eigenvalue weighted by Gasteiger charge is 2.29. The van der Waals surface area contributed by atoms with Gasteiger partial charge in [-0.25, -0.2) is 4.39 Å². The SMILES string of the molecule is CC[C@H](CN1CCCC1)Oc1cc(Cl)ccc1C1CCN(C(=O)[C@H](N)Cc2ccc(Cl)cc2F)CC1. The molecule has 0 bridgehead atoms. The number of rotatable bonds is 9. The van der Waals surface area contributed by atoms with Gasteiger partial charge >= 0.3 is 0 Å². The summed E-state index contributed by atoms with van der Waals surface area (Å²) in [6.45, 7) is 6.58. The lowest BCUT2D eigenvalue weighted by atomic mass is 9.88. The lowest BCUT2D eigenvalue weighted by Crippen LogP contribution is -2.47. The van der Waals surface area contributed by atoms with Crippen molar-refractivity contribution >= 4 is 29.1 Å². The number of hydrogen-bond donors (Lipinski definition) is 1. The van der Waals surface area contributed by atoms with Gasteiger partial charge in [0.25, 0.3) is 0 Å². The van der Waals surface area contributed by atoms with E-state index in [4.69, 9.17) is 33.7 Å². The summed E-state index contributed by atoms with van der Waals surface area (Å²) in [4.78, 5) is 17.3. The van der Waals surface area contributed by atoms with Gasteiger partial charge in [-0.1, -0.05) is 42.3 Å². The van der Waals surface area contributed by atoms with E-state index in [0.29, 0.717) is 28.7 Å². The molecule has 0 spiro atoms. The van der Waals surface area contributed by atoms with Gasteiger partial charge in [0, 0.05) is 29.7 Å². The number of nitrogens with zero attached hydrogens (tertiary/aromatic N) is 2. The normalized spacial score (nSPS) is 18.9. The second-order valence-corrected chi connectivity index (χ2v) is 10.9. The summed E-state index contributed by atoms with van der Waals surface area (Å²) in [5.41, 5.74) is 7.73. The molecule has 2 aliphatic rings. The van der Waals surface area contributed by atoms with E-state index < -0.39 is 11.9 Å². The van der Waals surface area contributed by atoms with Crippen molar-refractivity contribution in [3.05, 3.63) is 63.4 Å². The Morgan fingerprint density at radius 2 is 1.75 bits per heavy atom. The summed E-state index contributed by atoms with van der Waals surface area (Å²) in [5, 5.41) is 0.989. The second-order valence-electron chi connectivity index (χ2n) is 9.98. The summed E-state index contributed by atoms with van der Waals surface area (Å²) in [6, 6.07) is 9.57. The molecule has 2 atom stereocenters. The van der Waals surface area contributed by atoms with Gasteiger partial charge in [0.15, 0.2) is 0 Å². The van der Waals surface area contributed by atoms with Crippen LogP contribution in [0.25, 0.3) is 0 Å². The number of halogens is 3. The summed E-state index contributed by atoms with van der Waals surface area (Å²) in [6.07, 6.45) is 5.34. The van der Waals surface area contributed by atoms with E-state index in [9.17, 15) is 9.18 Å². The lowest BCUT2D eigenvalue weighted by molar-refractivity contribution is -0.133. The number of carbonyl (C=O) groups is 1. The molecule has 2 saturated heterocycles. The van der Waals surface area contributed by atoms with Gasteiger partial charge in [0.05, 0.1) is 6.04 Å². The van der Waals surface area contributed by atoms with Gasteiger partial charge in [0.2, 0.25) is 5.91 Å². The number of ether oxygens (including phenoxy) is 1. The molecule has 196 valence electrons. The van der Waals surface area contributed by atoms with Crippen LogP contribution < -0.4 is 10.5 Å². The lowest BCUT2D eigenvalue weighted by Gasteiger charge is -2.35. The highest BCUT2D eigenvalue weighted by atomic mass is 35.5. The van der Waals surface area contributed by atoms with Crippen molar-refractivity contribution in [1.29, 1.82) is 0 Å². The van der Waals surface area contributed by atoms with Crippen molar-refractivity contribution in [3.63, 3.8) is 0 Å². The summed E-state index contributed by atoms with van der Waals surface area (Å²) in [5.74, 6) is 0.547. The fourth-order valence-electron chi connectivity index (χ4n) is 5.29. The average Bonchev–Trinajstić information content (AvgIpc) is 3.38. The van der Waals surface area contributed by atoms with Gasteiger partial charge in [-0.2, -0.15) is 0 Å². The van der Waals surface area contributed by atoms with Crippen molar-refractivity contribution in [2.45, 2.75) is 63.5 Å². The zero-order valence-electron chi connectivity index (χ0n) is 20.9. The summed E-state index contributed by atoms with van der Waals surface area (Å²) < 4.78 is 20.7. The zero-order chi connectivity index (χ0) is 25.7. The number of amides is 1. The maximum atomic E-state index is 14.2. The summed E-state index contributed by atoms with van der Waals surface area (Å²) in [7, 11) is 0. The fraction of sp³-hybridized carbons (Fsp3) is 0.536. The minimum absolute atomic E-state index is 0.119. The van der Waals surface area contributed by atoms with Crippen molar-refractivity contribution < 1.29 is 13.9 Å². The smallest absolute Gasteiger partial charge is 0.239 e. The van der Waals surface area contributed by atoms with Crippen molar-refractivity contribution in [2.75, 3.05) is 32.7 Å². The maximum Gasteiger partial charge on any atom is 0.239 e. The molecule has 0 aromatic heterocycles. The van der Waals surface area contributed by atoms with Crippen LogP contribution >= 0.6 is 23.2 Å². The summed E-state index contributed by atoms with van der Waals surface area (Å²) >= 11 is 12.2. The topological polar surface area (TPSA) is 58.8 Å². The Hall–Kier alpha value is -1.86. The van der Waals surface area contributed by atoms with Crippen LogP contribution in [0.15, 0.2) is 36.4 Å². The minimum Gasteiger partial charge on any atom is -0.489 e. The Kier molecular flexibility index (Phi) is 9.51. The maximum absolute atomic E-state index is 14.2. The van der Waals surface area contributed by atoms with Gasteiger partial charge < -0.3 is 15.4 Å². The number of nitrogens with two attached hydrogens (primary N) is 1. The molecule has 0 aliphatic carbocycles. The fourth-order valence-corrected chi connectivity index (χ4v) is 5.61. The van der Waals surface area contributed by atoms with Crippen LogP contribution in [0.2, 0.25) is 10.0 Å². The Bertz CT molecular complexity index is 1040. The third kappa shape index (κ3) is 6.91. The van der Waals surface area contributed by atoms with Gasteiger partial charge in [-0.15, -0.1) is 0 Å². The van der Waals surface area contributed by atoms with Crippen molar-refractivity contribution in [3.8, 4) is 5.75 Å². The molecule has 0 radical (unpaired) electrons.